The monoisotopic (exact) mass is 195 g/mol. The molecule has 2 saturated heterocycles. The van der Waals surface area contributed by atoms with E-state index in [4.69, 9.17) is 0 Å². The van der Waals surface area contributed by atoms with Crippen LogP contribution in [0.3, 0.4) is 0 Å². The van der Waals surface area contributed by atoms with Gasteiger partial charge in [-0.25, -0.2) is 0 Å². The van der Waals surface area contributed by atoms with Crippen molar-refractivity contribution in [2.45, 2.75) is 31.3 Å². The molecule has 0 aromatic rings. The maximum atomic E-state index is 3.36. The van der Waals surface area contributed by atoms with E-state index in [-0.39, 0.29) is 0 Å². The lowest BCUT2D eigenvalue weighted by Crippen LogP contribution is -2.62. The smallest absolute Gasteiger partial charge is 0.0346 e. The summed E-state index contributed by atoms with van der Waals surface area (Å²) in [6.07, 6.45) is 4.40. The molecule has 0 aromatic heterocycles. The number of nitrogens with zero attached hydrogens (tertiary/aromatic N) is 2. The standard InChI is InChI=1S/C11H21N3/c1-2-10(3-1)13-4-6-14(7-5-13)11-8-12-9-11/h10-12H,1-9H2. The van der Waals surface area contributed by atoms with Crippen LogP contribution in [0.2, 0.25) is 0 Å². The number of hydrogen-bond acceptors (Lipinski definition) is 3. The van der Waals surface area contributed by atoms with Gasteiger partial charge in [-0.15, -0.1) is 0 Å². The molecule has 1 aliphatic carbocycles. The Morgan fingerprint density at radius 3 is 1.71 bits per heavy atom. The lowest BCUT2D eigenvalue weighted by Gasteiger charge is -2.47. The Hall–Kier alpha value is -0.120. The molecule has 3 fully saturated rings. The van der Waals surface area contributed by atoms with E-state index in [1.165, 1.54) is 58.5 Å². The highest BCUT2D eigenvalue weighted by Crippen LogP contribution is 2.25. The molecule has 2 aliphatic heterocycles. The SMILES string of the molecule is C1CC(N2CCN(C3CNC3)CC2)C1. The zero-order valence-electron chi connectivity index (χ0n) is 8.91. The molecule has 2 heterocycles. The third kappa shape index (κ3) is 1.58. The van der Waals surface area contributed by atoms with Gasteiger partial charge in [-0.05, 0) is 12.8 Å². The van der Waals surface area contributed by atoms with E-state index in [0.717, 1.165) is 12.1 Å². The van der Waals surface area contributed by atoms with Gasteiger partial charge < -0.3 is 5.32 Å². The first-order valence-electron chi connectivity index (χ1n) is 6.12. The maximum absolute atomic E-state index is 3.36. The van der Waals surface area contributed by atoms with Crippen LogP contribution in [0.25, 0.3) is 0 Å². The van der Waals surface area contributed by atoms with E-state index in [0.29, 0.717) is 0 Å². The summed E-state index contributed by atoms with van der Waals surface area (Å²) in [5, 5.41) is 3.36. The lowest BCUT2D eigenvalue weighted by atomic mass is 9.91. The molecule has 1 N–H and O–H groups in total. The maximum Gasteiger partial charge on any atom is 0.0346 e. The van der Waals surface area contributed by atoms with E-state index >= 15 is 0 Å². The Labute approximate surface area is 86.4 Å². The molecule has 3 heteroatoms. The Bertz CT molecular complexity index is 169. The van der Waals surface area contributed by atoms with Crippen LogP contribution < -0.4 is 5.32 Å². The average Bonchev–Trinajstić information content (AvgIpc) is 2.02. The third-order valence-electron chi connectivity index (χ3n) is 4.22. The quantitative estimate of drug-likeness (QED) is 0.675. The van der Waals surface area contributed by atoms with Crippen LogP contribution in [0.4, 0.5) is 0 Å². The number of piperazine rings is 1. The molecule has 14 heavy (non-hydrogen) atoms. The summed E-state index contributed by atoms with van der Waals surface area (Å²) >= 11 is 0. The molecule has 1 saturated carbocycles. The largest absolute Gasteiger partial charge is 0.314 e. The van der Waals surface area contributed by atoms with Crippen LogP contribution in [0.15, 0.2) is 0 Å². The molecule has 0 aromatic carbocycles. The minimum absolute atomic E-state index is 0.860. The molecule has 0 radical (unpaired) electrons. The summed E-state index contributed by atoms with van der Waals surface area (Å²) in [5.74, 6) is 0. The lowest BCUT2D eigenvalue weighted by molar-refractivity contribution is 0.0307. The topological polar surface area (TPSA) is 18.5 Å². The van der Waals surface area contributed by atoms with Crippen molar-refractivity contribution in [3.05, 3.63) is 0 Å². The van der Waals surface area contributed by atoms with E-state index < -0.39 is 0 Å². The van der Waals surface area contributed by atoms with Crippen molar-refractivity contribution >= 4 is 0 Å². The number of rotatable bonds is 2. The zero-order chi connectivity index (χ0) is 9.38. The van der Waals surface area contributed by atoms with Crippen molar-refractivity contribution in [1.29, 1.82) is 0 Å². The van der Waals surface area contributed by atoms with Crippen LogP contribution >= 0.6 is 0 Å². The molecule has 3 aliphatic rings. The Morgan fingerprint density at radius 2 is 1.36 bits per heavy atom. The van der Waals surface area contributed by atoms with Gasteiger partial charge in [-0.3, -0.25) is 9.80 Å². The van der Waals surface area contributed by atoms with Gasteiger partial charge in [-0.1, -0.05) is 6.42 Å². The van der Waals surface area contributed by atoms with E-state index in [9.17, 15) is 0 Å². The van der Waals surface area contributed by atoms with Crippen molar-refractivity contribution in [1.82, 2.24) is 15.1 Å². The van der Waals surface area contributed by atoms with Gasteiger partial charge in [0.2, 0.25) is 0 Å². The Balaban J connectivity index is 1.46. The molecular formula is C11H21N3. The van der Waals surface area contributed by atoms with Crippen molar-refractivity contribution in [3.63, 3.8) is 0 Å². The highest BCUT2D eigenvalue weighted by Gasteiger charge is 2.31. The van der Waals surface area contributed by atoms with Gasteiger partial charge in [0.1, 0.15) is 0 Å². The average molecular weight is 195 g/mol. The minimum Gasteiger partial charge on any atom is -0.314 e. The van der Waals surface area contributed by atoms with Crippen molar-refractivity contribution < 1.29 is 0 Å². The van der Waals surface area contributed by atoms with Crippen LogP contribution in [0.5, 0.6) is 0 Å². The highest BCUT2D eigenvalue weighted by atomic mass is 15.3. The molecule has 3 nitrogen and oxygen atoms in total. The molecule has 0 bridgehead atoms. The zero-order valence-corrected chi connectivity index (χ0v) is 8.91. The number of hydrogen-bond donors (Lipinski definition) is 1. The summed E-state index contributed by atoms with van der Waals surface area (Å²) in [5.41, 5.74) is 0. The van der Waals surface area contributed by atoms with Gasteiger partial charge in [0.05, 0.1) is 0 Å². The van der Waals surface area contributed by atoms with Crippen LogP contribution in [0, 0.1) is 0 Å². The summed E-state index contributed by atoms with van der Waals surface area (Å²) in [6, 6.07) is 1.82. The molecule has 80 valence electrons. The second kappa shape index (κ2) is 3.80. The summed E-state index contributed by atoms with van der Waals surface area (Å²) in [6.45, 7) is 7.71. The van der Waals surface area contributed by atoms with Crippen LogP contribution in [0.1, 0.15) is 19.3 Å². The van der Waals surface area contributed by atoms with Gasteiger partial charge in [-0.2, -0.15) is 0 Å². The van der Waals surface area contributed by atoms with Gasteiger partial charge in [0.15, 0.2) is 0 Å². The van der Waals surface area contributed by atoms with Gasteiger partial charge >= 0.3 is 0 Å². The third-order valence-corrected chi connectivity index (χ3v) is 4.22. The fourth-order valence-corrected chi connectivity index (χ4v) is 2.75. The predicted octanol–water partition coefficient (Wildman–Crippen LogP) is 0.128. The highest BCUT2D eigenvalue weighted by molar-refractivity contribution is 4.90. The normalized spacial score (nSPS) is 32.6. The second-order valence-corrected chi connectivity index (χ2v) is 4.97. The first-order valence-corrected chi connectivity index (χ1v) is 6.12. The second-order valence-electron chi connectivity index (χ2n) is 4.97. The van der Waals surface area contributed by atoms with Crippen molar-refractivity contribution in [2.75, 3.05) is 39.3 Å². The van der Waals surface area contributed by atoms with Gasteiger partial charge in [0, 0.05) is 51.4 Å². The Morgan fingerprint density at radius 1 is 0.786 bits per heavy atom. The fraction of sp³-hybridized carbons (Fsp3) is 1.00. The molecule has 0 unspecified atom stereocenters. The van der Waals surface area contributed by atoms with Crippen molar-refractivity contribution in [2.24, 2.45) is 0 Å². The minimum atomic E-state index is 0.860. The van der Waals surface area contributed by atoms with E-state index in [1.807, 2.05) is 0 Å². The number of nitrogens with one attached hydrogen (secondary N) is 1. The fourth-order valence-electron chi connectivity index (χ4n) is 2.75. The first-order chi connectivity index (χ1) is 6.93. The Kier molecular flexibility index (Phi) is 2.48. The van der Waals surface area contributed by atoms with Crippen LogP contribution in [-0.2, 0) is 0 Å². The summed E-state index contributed by atoms with van der Waals surface area (Å²) < 4.78 is 0. The molecule has 0 amide bonds. The molecule has 3 rings (SSSR count). The van der Waals surface area contributed by atoms with Gasteiger partial charge in [0.25, 0.3) is 0 Å². The molecule has 0 spiro atoms. The predicted molar refractivity (Wildman–Crippen MR) is 57.4 cm³/mol. The summed E-state index contributed by atoms with van der Waals surface area (Å²) in [7, 11) is 0. The first kappa shape index (κ1) is 9.13. The summed E-state index contributed by atoms with van der Waals surface area (Å²) in [4.78, 5) is 5.39. The van der Waals surface area contributed by atoms with E-state index in [2.05, 4.69) is 15.1 Å². The molecule has 0 atom stereocenters. The van der Waals surface area contributed by atoms with E-state index in [1.54, 1.807) is 0 Å². The van der Waals surface area contributed by atoms with Crippen molar-refractivity contribution in [3.8, 4) is 0 Å². The molecular weight excluding hydrogens is 174 g/mol. The van der Waals surface area contributed by atoms with Crippen LogP contribution in [-0.4, -0.2) is 61.2 Å².